The average molecular weight is 508 g/mol. The molecule has 1 amide bonds. The highest BCUT2D eigenvalue weighted by Gasteiger charge is 2.23. The largest absolute Gasteiger partial charge is 0.494 e. The van der Waals surface area contributed by atoms with Gasteiger partial charge in [0.05, 0.1) is 42.0 Å². The van der Waals surface area contributed by atoms with E-state index in [1.165, 1.54) is 6.92 Å². The molecule has 0 bridgehead atoms. The SMILES string of the molecule is COc1cc(N2CCN(C(C)=O)CC(O)C2)ccc1Nc1ncc(Cl)c(-c2cnc3ccccn23)n1. The number of carbonyl (C=O) groups excluding carboxylic acids is 1. The lowest BCUT2D eigenvalue weighted by atomic mass is 10.2. The van der Waals surface area contributed by atoms with Crippen LogP contribution in [-0.4, -0.2) is 74.7 Å². The fourth-order valence-corrected chi connectivity index (χ4v) is 4.51. The molecule has 2 N–H and O–H groups in total. The van der Waals surface area contributed by atoms with Crippen molar-refractivity contribution in [2.24, 2.45) is 0 Å². The van der Waals surface area contributed by atoms with Gasteiger partial charge in [-0.05, 0) is 24.3 Å². The summed E-state index contributed by atoms with van der Waals surface area (Å²) in [7, 11) is 1.59. The van der Waals surface area contributed by atoms with E-state index in [0.717, 1.165) is 17.0 Å². The van der Waals surface area contributed by atoms with E-state index in [-0.39, 0.29) is 5.91 Å². The quantitative estimate of drug-likeness (QED) is 0.424. The van der Waals surface area contributed by atoms with Gasteiger partial charge in [-0.2, -0.15) is 0 Å². The van der Waals surface area contributed by atoms with Gasteiger partial charge in [0.2, 0.25) is 11.9 Å². The molecule has 36 heavy (non-hydrogen) atoms. The number of aliphatic hydroxyl groups is 1. The van der Waals surface area contributed by atoms with Crippen molar-refractivity contribution in [3.8, 4) is 17.1 Å². The summed E-state index contributed by atoms with van der Waals surface area (Å²) in [6, 6.07) is 11.4. The summed E-state index contributed by atoms with van der Waals surface area (Å²) < 4.78 is 7.55. The number of benzene rings is 1. The van der Waals surface area contributed by atoms with Crippen LogP contribution in [0.5, 0.6) is 5.75 Å². The van der Waals surface area contributed by atoms with Crippen LogP contribution in [0.1, 0.15) is 6.92 Å². The van der Waals surface area contributed by atoms with E-state index >= 15 is 0 Å². The molecule has 1 aromatic carbocycles. The van der Waals surface area contributed by atoms with E-state index in [9.17, 15) is 9.90 Å². The zero-order valence-electron chi connectivity index (χ0n) is 19.9. The number of anilines is 3. The van der Waals surface area contributed by atoms with Crippen molar-refractivity contribution in [1.29, 1.82) is 0 Å². The van der Waals surface area contributed by atoms with Crippen LogP contribution in [0.4, 0.5) is 17.3 Å². The van der Waals surface area contributed by atoms with E-state index in [4.69, 9.17) is 16.3 Å². The fourth-order valence-electron chi connectivity index (χ4n) is 4.33. The van der Waals surface area contributed by atoms with Gasteiger partial charge in [0.1, 0.15) is 17.1 Å². The van der Waals surface area contributed by atoms with Gasteiger partial charge in [-0.25, -0.2) is 15.0 Å². The van der Waals surface area contributed by atoms with E-state index in [1.807, 2.05) is 51.9 Å². The maximum absolute atomic E-state index is 11.8. The number of hydrogen-bond donors (Lipinski definition) is 2. The number of pyridine rings is 1. The number of rotatable bonds is 5. The van der Waals surface area contributed by atoms with Crippen molar-refractivity contribution in [2.45, 2.75) is 13.0 Å². The van der Waals surface area contributed by atoms with Crippen LogP contribution in [0.25, 0.3) is 17.0 Å². The molecule has 3 aromatic heterocycles. The van der Waals surface area contributed by atoms with Gasteiger partial charge in [-0.15, -0.1) is 0 Å². The Morgan fingerprint density at radius 1 is 1.17 bits per heavy atom. The average Bonchev–Trinajstić information content (AvgIpc) is 3.20. The minimum Gasteiger partial charge on any atom is -0.494 e. The summed E-state index contributed by atoms with van der Waals surface area (Å²) in [5, 5.41) is 14.0. The first-order chi connectivity index (χ1) is 17.4. The second kappa shape index (κ2) is 10.00. The van der Waals surface area contributed by atoms with Crippen molar-refractivity contribution in [1.82, 2.24) is 24.3 Å². The number of imidazole rings is 1. The van der Waals surface area contributed by atoms with Gasteiger partial charge in [0.15, 0.2) is 0 Å². The Bertz CT molecular complexity index is 1410. The first-order valence-electron chi connectivity index (χ1n) is 11.5. The molecule has 0 spiro atoms. The molecule has 186 valence electrons. The van der Waals surface area contributed by atoms with Crippen molar-refractivity contribution >= 4 is 40.5 Å². The summed E-state index contributed by atoms with van der Waals surface area (Å²) in [6.07, 6.45) is 4.54. The molecule has 0 saturated carbocycles. The molecule has 1 fully saturated rings. The van der Waals surface area contributed by atoms with Gasteiger partial charge < -0.3 is 25.0 Å². The minimum absolute atomic E-state index is 0.0423. The van der Waals surface area contributed by atoms with Gasteiger partial charge in [0, 0.05) is 51.1 Å². The highest BCUT2D eigenvalue weighted by molar-refractivity contribution is 6.32. The molecular formula is C25H26ClN7O3. The third kappa shape index (κ3) is 4.77. The van der Waals surface area contributed by atoms with Crippen LogP contribution in [-0.2, 0) is 4.79 Å². The number of carbonyl (C=O) groups is 1. The van der Waals surface area contributed by atoms with E-state index in [0.29, 0.717) is 54.3 Å². The maximum Gasteiger partial charge on any atom is 0.227 e. The van der Waals surface area contributed by atoms with E-state index < -0.39 is 6.10 Å². The second-order valence-electron chi connectivity index (χ2n) is 8.54. The van der Waals surface area contributed by atoms with Crippen molar-refractivity contribution in [2.75, 3.05) is 43.5 Å². The van der Waals surface area contributed by atoms with E-state index in [1.54, 1.807) is 24.4 Å². The summed E-state index contributed by atoms with van der Waals surface area (Å²) >= 11 is 6.44. The predicted molar refractivity (Wildman–Crippen MR) is 138 cm³/mol. The molecule has 1 unspecified atom stereocenters. The number of amides is 1. The number of aromatic nitrogens is 4. The summed E-state index contributed by atoms with van der Waals surface area (Å²) in [4.78, 5) is 28.9. The summed E-state index contributed by atoms with van der Waals surface area (Å²) in [5.74, 6) is 0.900. The molecule has 1 atom stereocenters. The smallest absolute Gasteiger partial charge is 0.227 e. The number of fused-ring (bicyclic) bond motifs is 1. The highest BCUT2D eigenvalue weighted by Crippen LogP contribution is 2.33. The van der Waals surface area contributed by atoms with Crippen LogP contribution >= 0.6 is 11.6 Å². The Labute approximate surface area is 213 Å². The monoisotopic (exact) mass is 507 g/mol. The molecule has 10 nitrogen and oxygen atoms in total. The Kier molecular flexibility index (Phi) is 6.62. The Morgan fingerprint density at radius 2 is 2.03 bits per heavy atom. The van der Waals surface area contributed by atoms with Gasteiger partial charge in [-0.3, -0.25) is 9.20 Å². The predicted octanol–water partition coefficient (Wildman–Crippen LogP) is 3.23. The highest BCUT2D eigenvalue weighted by atomic mass is 35.5. The standard InChI is InChI=1S/C25H26ClN7O3/c1-16(34)31-9-10-32(15-18(35)14-31)17-6-7-20(22(11-17)36-2)29-25-28-12-19(26)24(30-25)21-13-27-23-5-3-4-8-33(21)23/h3-8,11-13,18,35H,9-10,14-15H2,1-2H3,(H,28,29,30). The van der Waals surface area contributed by atoms with Gasteiger partial charge in [-0.1, -0.05) is 17.7 Å². The molecule has 0 aliphatic carbocycles. The van der Waals surface area contributed by atoms with Crippen LogP contribution in [0.3, 0.4) is 0 Å². The van der Waals surface area contributed by atoms with Crippen molar-refractivity contribution in [3.63, 3.8) is 0 Å². The number of hydrogen-bond acceptors (Lipinski definition) is 8. The maximum atomic E-state index is 11.8. The van der Waals surface area contributed by atoms with Crippen LogP contribution in [0.15, 0.2) is 55.0 Å². The summed E-state index contributed by atoms with van der Waals surface area (Å²) in [6.45, 7) is 3.41. The topological polar surface area (TPSA) is 108 Å². The number of nitrogens with one attached hydrogen (secondary N) is 1. The normalized spacial score (nSPS) is 16.2. The minimum atomic E-state index is -0.638. The summed E-state index contributed by atoms with van der Waals surface area (Å²) in [5.41, 5.74) is 3.65. The number of nitrogens with zero attached hydrogens (tertiary/aromatic N) is 6. The number of aliphatic hydroxyl groups excluding tert-OH is 1. The van der Waals surface area contributed by atoms with Crippen LogP contribution in [0, 0.1) is 0 Å². The fraction of sp³-hybridized carbons (Fsp3) is 0.280. The van der Waals surface area contributed by atoms with Gasteiger partial charge >= 0.3 is 0 Å². The lowest BCUT2D eigenvalue weighted by Crippen LogP contribution is -2.36. The number of halogens is 1. The molecule has 1 aliphatic rings. The second-order valence-corrected chi connectivity index (χ2v) is 8.94. The zero-order valence-corrected chi connectivity index (χ0v) is 20.7. The Balaban J connectivity index is 1.40. The molecule has 0 radical (unpaired) electrons. The molecule has 1 aliphatic heterocycles. The number of β-amino-alcohol motifs (C(OH)–C–C–N with tert-alkyl or cyclic N) is 1. The third-order valence-corrected chi connectivity index (χ3v) is 6.42. The third-order valence-electron chi connectivity index (χ3n) is 6.15. The zero-order chi connectivity index (χ0) is 25.2. The van der Waals surface area contributed by atoms with Gasteiger partial charge in [0.25, 0.3) is 0 Å². The molecule has 11 heteroatoms. The Hall–Kier alpha value is -3.89. The molecule has 4 heterocycles. The molecule has 4 aromatic rings. The number of ether oxygens (including phenoxy) is 1. The molecule has 1 saturated heterocycles. The lowest BCUT2D eigenvalue weighted by Gasteiger charge is -2.25. The van der Waals surface area contributed by atoms with Crippen LogP contribution < -0.4 is 15.0 Å². The number of methoxy groups -OCH3 is 1. The van der Waals surface area contributed by atoms with Crippen LogP contribution in [0.2, 0.25) is 5.02 Å². The first kappa shape index (κ1) is 23.8. The van der Waals surface area contributed by atoms with Crippen molar-refractivity contribution in [3.05, 3.63) is 60.0 Å². The first-order valence-corrected chi connectivity index (χ1v) is 11.9. The van der Waals surface area contributed by atoms with E-state index in [2.05, 4.69) is 20.3 Å². The van der Waals surface area contributed by atoms with Crippen molar-refractivity contribution < 1.29 is 14.6 Å². The lowest BCUT2D eigenvalue weighted by molar-refractivity contribution is -0.129. The molecular weight excluding hydrogens is 482 g/mol. The Morgan fingerprint density at radius 3 is 2.83 bits per heavy atom. The molecule has 5 rings (SSSR count).